The highest BCUT2D eigenvalue weighted by Crippen LogP contribution is 2.19. The number of benzene rings is 1. The molecule has 1 rings (SSSR count). The van der Waals surface area contributed by atoms with Gasteiger partial charge in [-0.2, -0.15) is 8.42 Å². The zero-order chi connectivity index (χ0) is 9.35. The molecule has 3 N–H and O–H groups in total. The Morgan fingerprint density at radius 2 is 2.00 bits per heavy atom. The minimum Gasteiger partial charge on any atom is -0.399 e. The van der Waals surface area contributed by atoms with Crippen LogP contribution >= 0.6 is 22.6 Å². The fourth-order valence-electron chi connectivity index (χ4n) is 0.726. The van der Waals surface area contributed by atoms with Gasteiger partial charge in [-0.3, -0.25) is 4.55 Å². The first-order valence-corrected chi connectivity index (χ1v) is 5.45. The molecule has 66 valence electrons. The van der Waals surface area contributed by atoms with Crippen LogP contribution in [0.3, 0.4) is 0 Å². The maximum Gasteiger partial charge on any atom is 0.295 e. The van der Waals surface area contributed by atoms with Gasteiger partial charge in [0.15, 0.2) is 0 Å². The van der Waals surface area contributed by atoms with E-state index in [0.29, 0.717) is 9.26 Å². The average molecular weight is 299 g/mol. The minimum atomic E-state index is -4.11. The predicted octanol–water partition coefficient (Wildman–Crippen LogP) is 1.12. The molecule has 0 atom stereocenters. The van der Waals surface area contributed by atoms with E-state index in [1.165, 1.54) is 18.2 Å². The molecule has 0 aliphatic carbocycles. The number of halogens is 1. The predicted molar refractivity (Wildman–Crippen MR) is 53.4 cm³/mol. The second-order valence-corrected chi connectivity index (χ2v) is 4.72. The highest BCUT2D eigenvalue weighted by atomic mass is 127. The molecule has 4 nitrogen and oxygen atoms in total. The summed E-state index contributed by atoms with van der Waals surface area (Å²) in [5.74, 6) is 0. The van der Waals surface area contributed by atoms with Crippen molar-refractivity contribution in [2.75, 3.05) is 5.73 Å². The lowest BCUT2D eigenvalue weighted by molar-refractivity contribution is 0.482. The molecule has 0 heterocycles. The zero-order valence-corrected chi connectivity index (χ0v) is 8.83. The number of nitrogens with two attached hydrogens (primary N) is 1. The Kier molecular flexibility index (Phi) is 2.59. The molecule has 6 heteroatoms. The van der Waals surface area contributed by atoms with E-state index in [0.717, 1.165) is 0 Å². The van der Waals surface area contributed by atoms with Gasteiger partial charge < -0.3 is 5.73 Å². The lowest BCUT2D eigenvalue weighted by Crippen LogP contribution is -2.01. The molecule has 0 radical (unpaired) electrons. The number of anilines is 1. The summed E-state index contributed by atoms with van der Waals surface area (Å²) in [6.45, 7) is 0. The van der Waals surface area contributed by atoms with Crippen molar-refractivity contribution in [1.82, 2.24) is 0 Å². The van der Waals surface area contributed by atoms with Gasteiger partial charge >= 0.3 is 0 Å². The number of rotatable bonds is 1. The fourth-order valence-corrected chi connectivity index (χ4v) is 2.65. The molecule has 0 spiro atoms. The van der Waals surface area contributed by atoms with E-state index in [4.69, 9.17) is 10.3 Å². The third-order valence-corrected chi connectivity index (χ3v) is 3.40. The molecule has 0 saturated heterocycles. The van der Waals surface area contributed by atoms with Crippen LogP contribution in [0, 0.1) is 3.57 Å². The lowest BCUT2D eigenvalue weighted by Gasteiger charge is -2.00. The molecule has 0 unspecified atom stereocenters. The van der Waals surface area contributed by atoms with Crippen molar-refractivity contribution in [3.8, 4) is 0 Å². The Balaban J connectivity index is 3.39. The van der Waals surface area contributed by atoms with Crippen molar-refractivity contribution in [3.63, 3.8) is 0 Å². The van der Waals surface area contributed by atoms with Gasteiger partial charge in [0.1, 0.15) is 4.90 Å². The molecule has 0 aromatic heterocycles. The van der Waals surface area contributed by atoms with E-state index in [1.54, 1.807) is 22.6 Å². The summed E-state index contributed by atoms with van der Waals surface area (Å²) >= 11 is 1.79. The summed E-state index contributed by atoms with van der Waals surface area (Å²) in [6, 6.07) is 4.17. The van der Waals surface area contributed by atoms with E-state index in [-0.39, 0.29) is 4.90 Å². The smallest absolute Gasteiger partial charge is 0.295 e. The van der Waals surface area contributed by atoms with Crippen LogP contribution in [-0.2, 0) is 10.1 Å². The van der Waals surface area contributed by atoms with Gasteiger partial charge in [0.25, 0.3) is 10.1 Å². The number of nitrogen functional groups attached to an aromatic ring is 1. The third kappa shape index (κ3) is 2.08. The highest BCUT2D eigenvalue weighted by molar-refractivity contribution is 14.1. The maximum absolute atomic E-state index is 10.7. The van der Waals surface area contributed by atoms with E-state index in [1.807, 2.05) is 0 Å². The topological polar surface area (TPSA) is 80.4 Å². The third-order valence-electron chi connectivity index (χ3n) is 1.23. The molecular formula is C6H6INO3S. The van der Waals surface area contributed by atoms with Gasteiger partial charge in [0.05, 0.1) is 0 Å². The Morgan fingerprint density at radius 3 is 2.42 bits per heavy atom. The molecule has 0 aliphatic rings. The van der Waals surface area contributed by atoms with Crippen LogP contribution in [0.15, 0.2) is 23.1 Å². The van der Waals surface area contributed by atoms with Crippen molar-refractivity contribution in [2.45, 2.75) is 4.90 Å². The standard InChI is InChI=1S/C6H6INO3S/c7-5-3-4(8)1-2-6(5)12(9,10)11/h1-3H,8H2,(H,9,10,11). The van der Waals surface area contributed by atoms with Crippen LogP contribution in [-0.4, -0.2) is 13.0 Å². The fraction of sp³-hybridized carbons (Fsp3) is 0. The summed E-state index contributed by atoms with van der Waals surface area (Å²) < 4.78 is 30.4. The number of hydrogen-bond acceptors (Lipinski definition) is 3. The molecule has 0 bridgehead atoms. The van der Waals surface area contributed by atoms with Crippen LogP contribution in [0.5, 0.6) is 0 Å². The second-order valence-electron chi connectivity index (χ2n) is 2.16. The molecule has 0 saturated carbocycles. The largest absolute Gasteiger partial charge is 0.399 e. The highest BCUT2D eigenvalue weighted by Gasteiger charge is 2.12. The molecule has 0 aliphatic heterocycles. The molecule has 12 heavy (non-hydrogen) atoms. The monoisotopic (exact) mass is 299 g/mol. The van der Waals surface area contributed by atoms with Crippen molar-refractivity contribution in [1.29, 1.82) is 0 Å². The molecule has 0 fully saturated rings. The van der Waals surface area contributed by atoms with E-state index >= 15 is 0 Å². The molecular weight excluding hydrogens is 293 g/mol. The van der Waals surface area contributed by atoms with E-state index in [2.05, 4.69) is 0 Å². The number of hydrogen-bond donors (Lipinski definition) is 2. The SMILES string of the molecule is Nc1ccc(S(=O)(=O)O)c(I)c1. The first-order chi connectivity index (χ1) is 5.41. The Morgan fingerprint density at radius 1 is 1.42 bits per heavy atom. The Hall–Kier alpha value is -0.340. The summed E-state index contributed by atoms with van der Waals surface area (Å²) in [4.78, 5) is -0.114. The van der Waals surface area contributed by atoms with Crippen molar-refractivity contribution in [3.05, 3.63) is 21.8 Å². The van der Waals surface area contributed by atoms with Gasteiger partial charge in [-0.05, 0) is 40.8 Å². The summed E-state index contributed by atoms with van der Waals surface area (Å²) in [5.41, 5.74) is 5.85. The van der Waals surface area contributed by atoms with Crippen molar-refractivity contribution in [2.24, 2.45) is 0 Å². The summed E-state index contributed by atoms with van der Waals surface area (Å²) in [6.07, 6.45) is 0. The van der Waals surface area contributed by atoms with Crippen LogP contribution < -0.4 is 5.73 Å². The van der Waals surface area contributed by atoms with Crippen molar-refractivity contribution >= 4 is 38.4 Å². The first-order valence-electron chi connectivity index (χ1n) is 2.94. The van der Waals surface area contributed by atoms with Crippen LogP contribution in [0.2, 0.25) is 0 Å². The molecule has 1 aromatic rings. The first kappa shape index (κ1) is 9.75. The second kappa shape index (κ2) is 3.19. The van der Waals surface area contributed by atoms with Gasteiger partial charge in [-0.15, -0.1) is 0 Å². The van der Waals surface area contributed by atoms with E-state index in [9.17, 15) is 8.42 Å². The normalized spacial score (nSPS) is 11.5. The van der Waals surface area contributed by atoms with Gasteiger partial charge in [-0.1, -0.05) is 0 Å². The van der Waals surface area contributed by atoms with Gasteiger partial charge in [0.2, 0.25) is 0 Å². The van der Waals surface area contributed by atoms with E-state index < -0.39 is 10.1 Å². The quantitative estimate of drug-likeness (QED) is 0.462. The van der Waals surface area contributed by atoms with Crippen molar-refractivity contribution < 1.29 is 13.0 Å². The van der Waals surface area contributed by atoms with Gasteiger partial charge in [0, 0.05) is 9.26 Å². The summed E-state index contributed by atoms with van der Waals surface area (Å²) in [5, 5.41) is 0. The van der Waals surface area contributed by atoms with Crippen LogP contribution in [0.1, 0.15) is 0 Å². The van der Waals surface area contributed by atoms with Gasteiger partial charge in [-0.25, -0.2) is 0 Å². The van der Waals surface area contributed by atoms with Crippen LogP contribution in [0.4, 0.5) is 5.69 Å². The van der Waals surface area contributed by atoms with Crippen LogP contribution in [0.25, 0.3) is 0 Å². The minimum absolute atomic E-state index is 0.114. The maximum atomic E-state index is 10.7. The summed E-state index contributed by atoms with van der Waals surface area (Å²) in [7, 11) is -4.11. The Labute approximate surface area is 83.7 Å². The Bertz CT molecular complexity index is 401. The lowest BCUT2D eigenvalue weighted by atomic mass is 10.3. The molecule has 0 amide bonds. The zero-order valence-electron chi connectivity index (χ0n) is 5.86. The molecule has 1 aromatic carbocycles. The average Bonchev–Trinajstić information content (AvgIpc) is 1.83.